The average Bonchev–Trinajstić information content (AvgIpc) is 2.38. The molecule has 0 spiro atoms. The predicted octanol–water partition coefficient (Wildman–Crippen LogP) is 2.05. The van der Waals surface area contributed by atoms with Gasteiger partial charge in [0.05, 0.1) is 13.2 Å². The molecule has 0 amide bonds. The van der Waals surface area contributed by atoms with Crippen LogP contribution < -0.4 is 10.1 Å². The Bertz CT molecular complexity index is 349. The summed E-state index contributed by atoms with van der Waals surface area (Å²) in [6, 6.07) is 3.76. The molecule has 1 aromatic heterocycles. The molecule has 1 saturated carbocycles. The molecule has 1 heterocycles. The Morgan fingerprint density at radius 1 is 1.41 bits per heavy atom. The smallest absolute Gasteiger partial charge is 0.168 e. The highest BCUT2D eigenvalue weighted by Crippen LogP contribution is 2.26. The van der Waals surface area contributed by atoms with Crippen molar-refractivity contribution >= 4 is 5.82 Å². The van der Waals surface area contributed by atoms with Gasteiger partial charge in [0.25, 0.3) is 0 Å². The number of nitrogens with one attached hydrogen (secondary N) is 1. The topological polar surface area (TPSA) is 54.4 Å². The number of hydrogen-bond acceptors (Lipinski definition) is 4. The molecule has 0 aliphatic heterocycles. The van der Waals surface area contributed by atoms with Crippen LogP contribution in [-0.4, -0.2) is 29.8 Å². The Morgan fingerprint density at radius 3 is 2.88 bits per heavy atom. The van der Waals surface area contributed by atoms with Gasteiger partial charge in [0.15, 0.2) is 11.6 Å². The van der Waals surface area contributed by atoms with E-state index in [0.717, 1.165) is 43.8 Å². The molecular formula is C13H20N2O2. The average molecular weight is 236 g/mol. The van der Waals surface area contributed by atoms with Gasteiger partial charge in [0, 0.05) is 12.7 Å². The Labute approximate surface area is 102 Å². The Balaban J connectivity index is 1.85. The molecule has 0 saturated heterocycles. The van der Waals surface area contributed by atoms with Crippen molar-refractivity contribution in [3.63, 3.8) is 0 Å². The van der Waals surface area contributed by atoms with Crippen LogP contribution >= 0.6 is 0 Å². The minimum absolute atomic E-state index is 0.0874. The summed E-state index contributed by atoms with van der Waals surface area (Å²) < 4.78 is 5.24. The van der Waals surface area contributed by atoms with Gasteiger partial charge in [-0.1, -0.05) is 0 Å². The number of pyridine rings is 1. The van der Waals surface area contributed by atoms with Gasteiger partial charge < -0.3 is 15.2 Å². The molecule has 0 aromatic carbocycles. The van der Waals surface area contributed by atoms with Gasteiger partial charge in [-0.2, -0.15) is 0 Å². The van der Waals surface area contributed by atoms with Crippen molar-refractivity contribution in [1.29, 1.82) is 0 Å². The maximum atomic E-state index is 9.44. The van der Waals surface area contributed by atoms with Crippen LogP contribution in [0.25, 0.3) is 0 Å². The number of aromatic nitrogens is 1. The molecule has 0 radical (unpaired) electrons. The van der Waals surface area contributed by atoms with Crippen LogP contribution in [0.15, 0.2) is 18.3 Å². The lowest BCUT2D eigenvalue weighted by Gasteiger charge is -2.25. The Kier molecular flexibility index (Phi) is 4.20. The Morgan fingerprint density at radius 2 is 2.18 bits per heavy atom. The third kappa shape index (κ3) is 3.33. The van der Waals surface area contributed by atoms with E-state index in [9.17, 15) is 5.11 Å². The maximum absolute atomic E-state index is 9.44. The molecule has 0 atom stereocenters. The molecule has 1 aliphatic rings. The largest absolute Gasteiger partial charge is 0.493 e. The molecule has 0 bridgehead atoms. The quantitative estimate of drug-likeness (QED) is 0.840. The molecule has 1 fully saturated rings. The van der Waals surface area contributed by atoms with E-state index in [2.05, 4.69) is 10.3 Å². The summed E-state index contributed by atoms with van der Waals surface area (Å²) in [5, 5.41) is 12.8. The fourth-order valence-corrected chi connectivity index (χ4v) is 2.28. The molecule has 94 valence electrons. The molecule has 1 aromatic rings. The van der Waals surface area contributed by atoms with Gasteiger partial charge in [-0.05, 0) is 43.7 Å². The summed E-state index contributed by atoms with van der Waals surface area (Å²) in [4.78, 5) is 4.26. The zero-order chi connectivity index (χ0) is 12.1. The molecule has 0 unspecified atom stereocenters. The van der Waals surface area contributed by atoms with E-state index < -0.39 is 0 Å². The van der Waals surface area contributed by atoms with E-state index in [-0.39, 0.29) is 6.10 Å². The first kappa shape index (κ1) is 12.2. The lowest BCUT2D eigenvalue weighted by molar-refractivity contribution is 0.111. The van der Waals surface area contributed by atoms with Gasteiger partial charge in [-0.15, -0.1) is 0 Å². The van der Waals surface area contributed by atoms with Crippen molar-refractivity contribution < 1.29 is 9.84 Å². The van der Waals surface area contributed by atoms with Crippen LogP contribution in [-0.2, 0) is 0 Å². The van der Waals surface area contributed by atoms with E-state index in [1.165, 1.54) is 0 Å². The summed E-state index contributed by atoms with van der Waals surface area (Å²) in [7, 11) is 1.65. The highest BCUT2D eigenvalue weighted by Gasteiger charge is 2.19. The third-order valence-electron chi connectivity index (χ3n) is 3.37. The van der Waals surface area contributed by atoms with Gasteiger partial charge in [-0.3, -0.25) is 0 Å². The van der Waals surface area contributed by atoms with Crippen molar-refractivity contribution in [1.82, 2.24) is 4.98 Å². The van der Waals surface area contributed by atoms with Gasteiger partial charge in [0.2, 0.25) is 0 Å². The maximum Gasteiger partial charge on any atom is 0.168 e. The summed E-state index contributed by atoms with van der Waals surface area (Å²) in [5.41, 5.74) is 0. The van der Waals surface area contributed by atoms with Crippen molar-refractivity contribution in [2.75, 3.05) is 19.0 Å². The fraction of sp³-hybridized carbons (Fsp3) is 0.615. The number of methoxy groups -OCH3 is 1. The highest BCUT2D eigenvalue weighted by molar-refractivity contribution is 5.49. The Hall–Kier alpha value is -1.29. The minimum Gasteiger partial charge on any atom is -0.493 e. The summed E-state index contributed by atoms with van der Waals surface area (Å²) in [5.74, 6) is 2.22. The van der Waals surface area contributed by atoms with Crippen LogP contribution in [0.4, 0.5) is 5.82 Å². The molecule has 1 aliphatic carbocycles. The highest BCUT2D eigenvalue weighted by atomic mass is 16.5. The first-order valence-electron chi connectivity index (χ1n) is 6.20. The lowest BCUT2D eigenvalue weighted by Crippen LogP contribution is -2.23. The van der Waals surface area contributed by atoms with Gasteiger partial charge >= 0.3 is 0 Å². The molecule has 17 heavy (non-hydrogen) atoms. The number of rotatable bonds is 4. The molecule has 4 heteroatoms. The molecular weight excluding hydrogens is 216 g/mol. The van der Waals surface area contributed by atoms with E-state index >= 15 is 0 Å². The predicted molar refractivity (Wildman–Crippen MR) is 67.2 cm³/mol. The van der Waals surface area contributed by atoms with Crippen molar-refractivity contribution in [3.8, 4) is 5.75 Å². The van der Waals surface area contributed by atoms with Gasteiger partial charge in [0.1, 0.15) is 0 Å². The lowest BCUT2D eigenvalue weighted by atomic mass is 9.87. The van der Waals surface area contributed by atoms with Crippen LogP contribution in [0.5, 0.6) is 5.75 Å². The zero-order valence-corrected chi connectivity index (χ0v) is 10.2. The molecule has 2 rings (SSSR count). The van der Waals surface area contributed by atoms with E-state index in [1.807, 2.05) is 12.1 Å². The zero-order valence-electron chi connectivity index (χ0n) is 10.2. The van der Waals surface area contributed by atoms with Crippen molar-refractivity contribution in [2.45, 2.75) is 31.8 Å². The number of ether oxygens (including phenoxy) is 1. The van der Waals surface area contributed by atoms with Gasteiger partial charge in [-0.25, -0.2) is 4.98 Å². The minimum atomic E-state index is -0.0874. The van der Waals surface area contributed by atoms with E-state index in [0.29, 0.717) is 5.92 Å². The van der Waals surface area contributed by atoms with Crippen molar-refractivity contribution in [2.24, 2.45) is 5.92 Å². The fourth-order valence-electron chi connectivity index (χ4n) is 2.28. The second-order valence-electron chi connectivity index (χ2n) is 4.61. The van der Waals surface area contributed by atoms with Crippen LogP contribution in [0, 0.1) is 5.92 Å². The number of hydrogen-bond donors (Lipinski definition) is 2. The number of anilines is 1. The summed E-state index contributed by atoms with van der Waals surface area (Å²) in [6.45, 7) is 0.903. The third-order valence-corrected chi connectivity index (χ3v) is 3.37. The normalized spacial score (nSPS) is 24.4. The second-order valence-corrected chi connectivity index (χ2v) is 4.61. The number of aliphatic hydroxyl groups excluding tert-OH is 1. The van der Waals surface area contributed by atoms with Crippen molar-refractivity contribution in [3.05, 3.63) is 18.3 Å². The number of aliphatic hydroxyl groups is 1. The van der Waals surface area contributed by atoms with Crippen LogP contribution in [0.2, 0.25) is 0 Å². The SMILES string of the molecule is COc1cccnc1NCC1CCC(O)CC1. The van der Waals surface area contributed by atoms with Crippen LogP contribution in [0.1, 0.15) is 25.7 Å². The summed E-state index contributed by atoms with van der Waals surface area (Å²) >= 11 is 0. The second kappa shape index (κ2) is 5.87. The molecule has 2 N–H and O–H groups in total. The first-order chi connectivity index (χ1) is 8.29. The van der Waals surface area contributed by atoms with E-state index in [1.54, 1.807) is 13.3 Å². The standard InChI is InChI=1S/C13H20N2O2/c1-17-12-3-2-8-14-13(12)15-9-10-4-6-11(16)7-5-10/h2-3,8,10-11,16H,4-7,9H2,1H3,(H,14,15). The first-order valence-corrected chi connectivity index (χ1v) is 6.20. The number of nitrogens with zero attached hydrogens (tertiary/aromatic N) is 1. The summed E-state index contributed by atoms with van der Waals surface area (Å²) in [6.07, 6.45) is 5.69. The van der Waals surface area contributed by atoms with E-state index in [4.69, 9.17) is 4.74 Å². The monoisotopic (exact) mass is 236 g/mol. The molecule has 4 nitrogen and oxygen atoms in total. The van der Waals surface area contributed by atoms with Crippen LogP contribution in [0.3, 0.4) is 0 Å².